The lowest BCUT2D eigenvalue weighted by atomic mass is 10.1. The zero-order valence-electron chi connectivity index (χ0n) is 13.5. The second kappa shape index (κ2) is 6.42. The Kier molecular flexibility index (Phi) is 4.28. The van der Waals surface area contributed by atoms with Crippen molar-refractivity contribution in [1.82, 2.24) is 14.8 Å². The van der Waals surface area contributed by atoms with Crippen LogP contribution in [0.5, 0.6) is 0 Å². The summed E-state index contributed by atoms with van der Waals surface area (Å²) in [6, 6.07) is 0. The van der Waals surface area contributed by atoms with Crippen LogP contribution < -0.4 is 0 Å². The molecule has 2 aliphatic heterocycles. The molecule has 4 rings (SSSR count). The van der Waals surface area contributed by atoms with Gasteiger partial charge in [-0.2, -0.15) is 0 Å². The van der Waals surface area contributed by atoms with Crippen molar-refractivity contribution in [2.75, 3.05) is 39.4 Å². The Labute approximate surface area is 144 Å². The lowest BCUT2D eigenvalue weighted by molar-refractivity contribution is -0.260. The summed E-state index contributed by atoms with van der Waals surface area (Å²) in [4.78, 5) is 32.7. The summed E-state index contributed by atoms with van der Waals surface area (Å²) in [7, 11) is 0. The van der Waals surface area contributed by atoms with Crippen molar-refractivity contribution in [1.29, 1.82) is 0 Å². The second-order valence-electron chi connectivity index (χ2n) is 6.56. The zero-order valence-corrected chi connectivity index (χ0v) is 14.3. The van der Waals surface area contributed by atoms with Gasteiger partial charge < -0.3 is 19.3 Å². The summed E-state index contributed by atoms with van der Waals surface area (Å²) in [6.07, 6.45) is 4.40. The molecule has 24 heavy (non-hydrogen) atoms. The number of amides is 2. The first-order valence-electron chi connectivity index (χ1n) is 8.42. The summed E-state index contributed by atoms with van der Waals surface area (Å²) in [5.74, 6) is -0.629. The van der Waals surface area contributed by atoms with Crippen LogP contribution in [0.1, 0.15) is 29.1 Å². The van der Waals surface area contributed by atoms with Gasteiger partial charge in [-0.25, -0.2) is 4.98 Å². The van der Waals surface area contributed by atoms with E-state index in [1.165, 1.54) is 11.3 Å². The van der Waals surface area contributed by atoms with Crippen LogP contribution in [0.3, 0.4) is 0 Å². The minimum absolute atomic E-state index is 0.0967. The first kappa shape index (κ1) is 16.0. The van der Waals surface area contributed by atoms with E-state index in [1.807, 2.05) is 4.90 Å². The average Bonchev–Trinajstić information content (AvgIpc) is 3.34. The fraction of sp³-hybridized carbons (Fsp3) is 0.688. The van der Waals surface area contributed by atoms with Crippen LogP contribution in [0.4, 0.5) is 0 Å². The smallest absolute Gasteiger partial charge is 0.283 e. The highest BCUT2D eigenvalue weighted by Crippen LogP contribution is 2.33. The van der Waals surface area contributed by atoms with Gasteiger partial charge in [0, 0.05) is 30.6 Å². The topological polar surface area (TPSA) is 72.0 Å². The number of ether oxygens (including phenoxy) is 2. The summed E-state index contributed by atoms with van der Waals surface area (Å²) in [6.45, 7) is 2.88. The molecule has 0 N–H and O–H groups in total. The average molecular weight is 351 g/mol. The van der Waals surface area contributed by atoms with E-state index in [0.29, 0.717) is 44.4 Å². The quantitative estimate of drug-likeness (QED) is 0.794. The van der Waals surface area contributed by atoms with Crippen molar-refractivity contribution >= 4 is 23.2 Å². The Morgan fingerprint density at radius 1 is 1.17 bits per heavy atom. The predicted molar refractivity (Wildman–Crippen MR) is 86.6 cm³/mol. The van der Waals surface area contributed by atoms with Gasteiger partial charge in [-0.15, -0.1) is 11.3 Å². The molecule has 2 amide bonds. The van der Waals surface area contributed by atoms with E-state index in [0.717, 1.165) is 19.3 Å². The van der Waals surface area contributed by atoms with E-state index >= 15 is 0 Å². The van der Waals surface area contributed by atoms with Gasteiger partial charge in [-0.05, 0) is 19.3 Å². The maximum Gasteiger partial charge on any atom is 0.283 e. The van der Waals surface area contributed by atoms with Gasteiger partial charge in [0.1, 0.15) is 0 Å². The molecule has 3 aliphatic rings. The van der Waals surface area contributed by atoms with Gasteiger partial charge in [0.25, 0.3) is 5.91 Å². The molecule has 1 aliphatic carbocycles. The van der Waals surface area contributed by atoms with Crippen LogP contribution in [-0.2, 0) is 14.3 Å². The lowest BCUT2D eigenvalue weighted by Gasteiger charge is -2.42. The third-order valence-electron chi connectivity index (χ3n) is 4.67. The van der Waals surface area contributed by atoms with Crippen LogP contribution >= 0.6 is 11.3 Å². The van der Waals surface area contributed by atoms with Gasteiger partial charge in [0.2, 0.25) is 11.7 Å². The zero-order chi connectivity index (χ0) is 16.6. The van der Waals surface area contributed by atoms with Crippen LogP contribution in [0.15, 0.2) is 11.6 Å². The Balaban J connectivity index is 1.49. The third kappa shape index (κ3) is 3.18. The molecular formula is C16H21N3O4S. The number of hydrogen-bond acceptors (Lipinski definition) is 6. The minimum Gasteiger partial charge on any atom is -0.347 e. The fourth-order valence-corrected chi connectivity index (χ4v) is 3.89. The van der Waals surface area contributed by atoms with Crippen molar-refractivity contribution in [3.63, 3.8) is 0 Å². The Morgan fingerprint density at radius 2 is 1.96 bits per heavy atom. The maximum atomic E-state index is 12.6. The molecule has 1 spiro atoms. The Morgan fingerprint density at radius 3 is 2.71 bits per heavy atom. The number of thiazole rings is 1. The molecule has 7 nitrogen and oxygen atoms in total. The van der Waals surface area contributed by atoms with Crippen LogP contribution in [-0.4, -0.2) is 71.8 Å². The number of hydrogen-bond donors (Lipinski definition) is 0. The number of rotatable bonds is 2. The maximum absolute atomic E-state index is 12.6. The van der Waals surface area contributed by atoms with Crippen molar-refractivity contribution in [3.8, 4) is 0 Å². The van der Waals surface area contributed by atoms with Crippen molar-refractivity contribution in [2.45, 2.75) is 25.0 Å². The van der Waals surface area contributed by atoms with Crippen molar-refractivity contribution in [2.24, 2.45) is 5.92 Å². The summed E-state index contributed by atoms with van der Waals surface area (Å²) in [5, 5.41) is 2.27. The van der Waals surface area contributed by atoms with Gasteiger partial charge in [0.05, 0.1) is 26.3 Å². The molecule has 0 aromatic carbocycles. The van der Waals surface area contributed by atoms with Crippen LogP contribution in [0, 0.1) is 5.92 Å². The van der Waals surface area contributed by atoms with Gasteiger partial charge in [-0.3, -0.25) is 9.59 Å². The SMILES string of the molecule is O=C(c1nccs1)N1CCOC2(C1)CN(C(=O)C1CC1)CCCO2. The molecule has 2 saturated heterocycles. The predicted octanol–water partition coefficient (Wildman–Crippen LogP) is 0.971. The monoisotopic (exact) mass is 351 g/mol. The number of nitrogens with zero attached hydrogens (tertiary/aromatic N) is 3. The number of carbonyl (C=O) groups is 2. The van der Waals surface area contributed by atoms with E-state index < -0.39 is 5.79 Å². The summed E-state index contributed by atoms with van der Waals surface area (Å²) >= 11 is 1.33. The molecule has 0 radical (unpaired) electrons. The minimum atomic E-state index is -0.910. The van der Waals surface area contributed by atoms with Gasteiger partial charge in [0.15, 0.2) is 5.01 Å². The molecule has 1 saturated carbocycles. The normalized spacial score (nSPS) is 28.0. The molecule has 8 heteroatoms. The van der Waals surface area contributed by atoms with Crippen LogP contribution in [0.2, 0.25) is 0 Å². The standard InChI is InChI=1S/C16H21N3O4S/c20-14(12-2-3-12)18-5-1-7-22-16(10-18)11-19(6-8-23-16)15(21)13-17-4-9-24-13/h4,9,12H,1-3,5-8,10-11H2. The fourth-order valence-electron chi connectivity index (χ4n) is 3.28. The first-order valence-corrected chi connectivity index (χ1v) is 9.30. The number of carbonyl (C=O) groups excluding carboxylic acids is 2. The Hall–Kier alpha value is -1.51. The third-order valence-corrected chi connectivity index (χ3v) is 5.43. The highest BCUT2D eigenvalue weighted by Gasteiger charge is 2.45. The first-order chi connectivity index (χ1) is 11.7. The number of morpholine rings is 1. The molecule has 1 aromatic rings. The highest BCUT2D eigenvalue weighted by molar-refractivity contribution is 7.11. The van der Waals surface area contributed by atoms with Crippen molar-refractivity contribution in [3.05, 3.63) is 16.6 Å². The molecular weight excluding hydrogens is 330 g/mol. The molecule has 1 unspecified atom stereocenters. The molecule has 130 valence electrons. The van der Waals surface area contributed by atoms with Crippen molar-refractivity contribution < 1.29 is 19.1 Å². The van der Waals surface area contributed by atoms with E-state index in [2.05, 4.69) is 4.98 Å². The number of aromatic nitrogens is 1. The van der Waals surface area contributed by atoms with E-state index in [4.69, 9.17) is 9.47 Å². The molecule has 3 heterocycles. The highest BCUT2D eigenvalue weighted by atomic mass is 32.1. The summed E-state index contributed by atoms with van der Waals surface area (Å²) < 4.78 is 11.9. The van der Waals surface area contributed by atoms with E-state index in [9.17, 15) is 9.59 Å². The molecule has 3 fully saturated rings. The lowest BCUT2D eigenvalue weighted by Crippen LogP contribution is -2.59. The van der Waals surface area contributed by atoms with E-state index in [1.54, 1.807) is 16.5 Å². The molecule has 0 bridgehead atoms. The second-order valence-corrected chi connectivity index (χ2v) is 7.45. The van der Waals surface area contributed by atoms with Gasteiger partial charge >= 0.3 is 0 Å². The van der Waals surface area contributed by atoms with E-state index in [-0.39, 0.29) is 17.7 Å². The van der Waals surface area contributed by atoms with Crippen LogP contribution in [0.25, 0.3) is 0 Å². The molecule has 1 atom stereocenters. The largest absolute Gasteiger partial charge is 0.347 e. The Bertz CT molecular complexity index is 619. The van der Waals surface area contributed by atoms with Gasteiger partial charge in [-0.1, -0.05) is 0 Å². The summed E-state index contributed by atoms with van der Waals surface area (Å²) in [5.41, 5.74) is 0. The molecule has 1 aromatic heterocycles.